The van der Waals surface area contributed by atoms with Crippen molar-refractivity contribution >= 4 is 34.5 Å². The van der Waals surface area contributed by atoms with Crippen LogP contribution in [0.1, 0.15) is 17.2 Å². The Morgan fingerprint density at radius 2 is 1.84 bits per heavy atom. The molecule has 1 heterocycles. The molecule has 1 atom stereocenters. The number of alkyl halides is 2. The van der Waals surface area contributed by atoms with Crippen LogP contribution in [0.5, 0.6) is 5.75 Å². The predicted molar refractivity (Wildman–Crippen MR) is 71.5 cm³/mol. The molecule has 0 spiro atoms. The summed E-state index contributed by atoms with van der Waals surface area (Å²) in [5.41, 5.74) is 0.571. The van der Waals surface area contributed by atoms with Gasteiger partial charge in [0.1, 0.15) is 16.2 Å². The minimum atomic E-state index is -2.96. The van der Waals surface area contributed by atoms with Crippen LogP contribution in [-0.2, 0) is 0 Å². The second kappa shape index (κ2) is 6.05. The van der Waals surface area contributed by atoms with Crippen LogP contribution in [0.4, 0.5) is 8.78 Å². The van der Waals surface area contributed by atoms with E-state index in [0.29, 0.717) is 14.2 Å². The van der Waals surface area contributed by atoms with Gasteiger partial charge in [-0.2, -0.15) is 8.78 Å². The van der Waals surface area contributed by atoms with Crippen molar-refractivity contribution in [1.82, 2.24) is 0 Å². The van der Waals surface area contributed by atoms with Crippen LogP contribution < -0.4 is 4.74 Å². The van der Waals surface area contributed by atoms with E-state index in [1.165, 1.54) is 24.3 Å². The third-order valence-corrected chi connectivity index (χ3v) is 3.93. The van der Waals surface area contributed by atoms with Crippen LogP contribution in [0.25, 0.3) is 0 Å². The lowest BCUT2D eigenvalue weighted by atomic mass is 10.0. The summed E-state index contributed by atoms with van der Waals surface area (Å²) in [7, 11) is 0. The maximum absolute atomic E-state index is 12.3. The summed E-state index contributed by atoms with van der Waals surface area (Å²) >= 11 is 12.8. The fraction of sp³-hybridized carbons (Fsp3) is 0.167. The smallest absolute Gasteiger partial charge is 0.387 e. The molecule has 0 radical (unpaired) electrons. The minimum Gasteiger partial charge on any atom is -0.434 e. The summed E-state index contributed by atoms with van der Waals surface area (Å²) in [6, 6.07) is 7.49. The van der Waals surface area contributed by atoms with E-state index in [-0.39, 0.29) is 11.3 Å². The van der Waals surface area contributed by atoms with Gasteiger partial charge in [-0.25, -0.2) is 0 Å². The van der Waals surface area contributed by atoms with Gasteiger partial charge in [0.25, 0.3) is 0 Å². The van der Waals surface area contributed by atoms with Crippen LogP contribution in [0.2, 0.25) is 8.67 Å². The molecular formula is C12H8Cl2F2O2S. The highest BCUT2D eigenvalue weighted by Crippen LogP contribution is 2.39. The Morgan fingerprint density at radius 1 is 1.16 bits per heavy atom. The zero-order valence-corrected chi connectivity index (χ0v) is 11.6. The molecule has 0 saturated heterocycles. The lowest BCUT2D eigenvalue weighted by Gasteiger charge is -2.15. The summed E-state index contributed by atoms with van der Waals surface area (Å²) in [4.78, 5) is 0. The van der Waals surface area contributed by atoms with E-state index in [1.807, 2.05) is 0 Å². The van der Waals surface area contributed by atoms with Gasteiger partial charge in [0.15, 0.2) is 0 Å². The summed E-state index contributed by atoms with van der Waals surface area (Å²) in [5.74, 6) is -0.0941. The fourth-order valence-electron chi connectivity index (χ4n) is 1.62. The molecule has 2 aromatic rings. The van der Waals surface area contributed by atoms with Gasteiger partial charge in [-0.3, -0.25) is 0 Å². The molecule has 19 heavy (non-hydrogen) atoms. The van der Waals surface area contributed by atoms with E-state index in [2.05, 4.69) is 4.74 Å². The molecule has 7 heteroatoms. The van der Waals surface area contributed by atoms with E-state index in [0.717, 1.165) is 11.3 Å². The van der Waals surface area contributed by atoms with Crippen molar-refractivity contribution < 1.29 is 18.6 Å². The molecule has 0 amide bonds. The third-order valence-electron chi connectivity index (χ3n) is 2.41. The Labute approximate surface area is 122 Å². The fourth-order valence-corrected chi connectivity index (χ4v) is 3.14. The van der Waals surface area contributed by atoms with Gasteiger partial charge < -0.3 is 9.84 Å². The number of ether oxygens (including phenoxy) is 1. The molecule has 102 valence electrons. The number of halogens is 4. The molecule has 0 bridgehead atoms. The van der Waals surface area contributed by atoms with Crippen LogP contribution in [0, 0.1) is 0 Å². The SMILES string of the molecule is OC(c1ccccc1OC(F)F)c1cc(Cl)sc1Cl. The Morgan fingerprint density at radius 3 is 2.42 bits per heavy atom. The lowest BCUT2D eigenvalue weighted by molar-refractivity contribution is -0.0512. The Hall–Kier alpha value is -0.880. The van der Waals surface area contributed by atoms with Crippen LogP contribution in [0.15, 0.2) is 30.3 Å². The zero-order valence-electron chi connectivity index (χ0n) is 9.32. The second-order valence-corrected chi connectivity index (χ2v) is 5.88. The van der Waals surface area contributed by atoms with E-state index in [1.54, 1.807) is 6.07 Å². The predicted octanol–water partition coefficient (Wildman–Crippen LogP) is 4.74. The van der Waals surface area contributed by atoms with Crippen molar-refractivity contribution in [1.29, 1.82) is 0 Å². The van der Waals surface area contributed by atoms with Gasteiger partial charge in [-0.1, -0.05) is 41.4 Å². The molecule has 2 nitrogen and oxygen atoms in total. The van der Waals surface area contributed by atoms with Crippen molar-refractivity contribution in [3.8, 4) is 5.75 Å². The number of thiophene rings is 1. The van der Waals surface area contributed by atoms with Crippen LogP contribution >= 0.6 is 34.5 Å². The first-order valence-corrected chi connectivity index (χ1v) is 6.73. The Balaban J connectivity index is 2.38. The van der Waals surface area contributed by atoms with Crippen molar-refractivity contribution in [2.45, 2.75) is 12.7 Å². The minimum absolute atomic E-state index is 0.0941. The molecule has 1 aromatic carbocycles. The molecule has 0 fully saturated rings. The van der Waals surface area contributed by atoms with Crippen molar-refractivity contribution in [3.05, 3.63) is 50.1 Å². The van der Waals surface area contributed by atoms with E-state index in [9.17, 15) is 13.9 Å². The van der Waals surface area contributed by atoms with Gasteiger partial charge >= 0.3 is 6.61 Å². The highest BCUT2D eigenvalue weighted by Gasteiger charge is 2.21. The number of benzene rings is 1. The first kappa shape index (κ1) is 14.5. The monoisotopic (exact) mass is 324 g/mol. The average Bonchev–Trinajstić information content (AvgIpc) is 2.67. The summed E-state index contributed by atoms with van der Waals surface area (Å²) in [6.07, 6.45) is -1.17. The number of hydrogen-bond donors (Lipinski definition) is 1. The summed E-state index contributed by atoms with van der Waals surface area (Å²) in [5, 5.41) is 10.2. The first-order valence-electron chi connectivity index (χ1n) is 5.15. The molecule has 1 N–H and O–H groups in total. The first-order chi connectivity index (χ1) is 8.99. The maximum Gasteiger partial charge on any atom is 0.387 e. The zero-order chi connectivity index (χ0) is 14.0. The molecule has 1 unspecified atom stereocenters. The number of aliphatic hydroxyl groups is 1. The highest BCUT2D eigenvalue weighted by atomic mass is 35.5. The highest BCUT2D eigenvalue weighted by molar-refractivity contribution is 7.20. The summed E-state index contributed by atoms with van der Waals surface area (Å²) in [6.45, 7) is -2.96. The number of hydrogen-bond acceptors (Lipinski definition) is 3. The van der Waals surface area contributed by atoms with Crippen molar-refractivity contribution in [2.24, 2.45) is 0 Å². The third kappa shape index (κ3) is 3.36. The van der Waals surface area contributed by atoms with Gasteiger partial charge in [0, 0.05) is 11.1 Å². The molecule has 0 aliphatic carbocycles. The molecule has 0 saturated carbocycles. The van der Waals surface area contributed by atoms with Crippen molar-refractivity contribution in [2.75, 3.05) is 0 Å². The van der Waals surface area contributed by atoms with Crippen molar-refractivity contribution in [3.63, 3.8) is 0 Å². The molecule has 0 aliphatic heterocycles. The number of rotatable bonds is 4. The summed E-state index contributed by atoms with van der Waals surface area (Å²) < 4.78 is 29.7. The van der Waals surface area contributed by atoms with Gasteiger partial charge in [-0.05, 0) is 12.1 Å². The van der Waals surface area contributed by atoms with Crippen LogP contribution in [-0.4, -0.2) is 11.7 Å². The number of para-hydroxylation sites is 1. The molecule has 1 aromatic heterocycles. The van der Waals surface area contributed by atoms with Crippen LogP contribution in [0.3, 0.4) is 0 Å². The number of aliphatic hydroxyl groups excluding tert-OH is 1. The quantitative estimate of drug-likeness (QED) is 0.880. The maximum atomic E-state index is 12.3. The topological polar surface area (TPSA) is 29.5 Å². The molecule has 0 aliphatic rings. The van der Waals surface area contributed by atoms with E-state index >= 15 is 0 Å². The lowest BCUT2D eigenvalue weighted by Crippen LogP contribution is -2.07. The standard InChI is InChI=1S/C12H8Cl2F2O2S/c13-9-5-7(11(14)19-9)10(17)6-3-1-2-4-8(6)18-12(15)16/h1-5,10,12,17H. The van der Waals surface area contributed by atoms with Gasteiger partial charge in [-0.15, -0.1) is 11.3 Å². The average molecular weight is 325 g/mol. The van der Waals surface area contributed by atoms with Gasteiger partial charge in [0.05, 0.1) is 4.34 Å². The second-order valence-electron chi connectivity index (χ2n) is 3.60. The van der Waals surface area contributed by atoms with Gasteiger partial charge in [0.2, 0.25) is 0 Å². The molecular weight excluding hydrogens is 317 g/mol. The normalized spacial score (nSPS) is 12.7. The largest absolute Gasteiger partial charge is 0.434 e. The van der Waals surface area contributed by atoms with E-state index in [4.69, 9.17) is 23.2 Å². The van der Waals surface area contributed by atoms with E-state index < -0.39 is 12.7 Å². The Kier molecular flexibility index (Phi) is 4.62. The molecule has 2 rings (SSSR count). The Bertz CT molecular complexity index is 575.